The van der Waals surface area contributed by atoms with Gasteiger partial charge in [0.1, 0.15) is 0 Å². The quantitative estimate of drug-likeness (QED) is 0.637. The molecule has 0 saturated carbocycles. The summed E-state index contributed by atoms with van der Waals surface area (Å²) < 4.78 is 0. The molecule has 0 amide bonds. The van der Waals surface area contributed by atoms with Gasteiger partial charge in [-0.25, -0.2) is 0 Å². The Bertz CT molecular complexity index is 498. The van der Waals surface area contributed by atoms with E-state index in [1.54, 1.807) is 0 Å². The van der Waals surface area contributed by atoms with Crippen molar-refractivity contribution in [1.82, 2.24) is 0 Å². The molecule has 2 rings (SSSR count). The van der Waals surface area contributed by atoms with Crippen LogP contribution in [0.3, 0.4) is 0 Å². The maximum Gasteiger partial charge on any atom is -0.0198 e. The molecule has 0 aliphatic heterocycles. The maximum atomic E-state index is 4.05. The monoisotopic (exact) mass is 222 g/mol. The van der Waals surface area contributed by atoms with Crippen molar-refractivity contribution >= 4 is 5.57 Å². The van der Waals surface area contributed by atoms with E-state index < -0.39 is 0 Å². The lowest BCUT2D eigenvalue weighted by Crippen LogP contribution is -1.98. The normalized spacial score (nSPS) is 15.5. The molecule has 86 valence electrons. The molecular formula is C17H18. The molecule has 0 aromatic heterocycles. The van der Waals surface area contributed by atoms with Crippen molar-refractivity contribution in [3.63, 3.8) is 0 Å². The van der Waals surface area contributed by atoms with Gasteiger partial charge < -0.3 is 0 Å². The Morgan fingerprint density at radius 3 is 2.53 bits per heavy atom. The van der Waals surface area contributed by atoms with Gasteiger partial charge in [0.15, 0.2) is 0 Å². The van der Waals surface area contributed by atoms with Gasteiger partial charge in [-0.1, -0.05) is 61.2 Å². The van der Waals surface area contributed by atoms with Crippen LogP contribution in [0.5, 0.6) is 0 Å². The van der Waals surface area contributed by atoms with Gasteiger partial charge in [0, 0.05) is 0 Å². The summed E-state index contributed by atoms with van der Waals surface area (Å²) in [4.78, 5) is 0. The van der Waals surface area contributed by atoms with Crippen molar-refractivity contribution in [3.8, 4) is 0 Å². The molecule has 0 bridgehead atoms. The minimum atomic E-state index is 1.02. The van der Waals surface area contributed by atoms with Crippen LogP contribution in [0, 0.1) is 0 Å². The summed E-state index contributed by atoms with van der Waals surface area (Å²) in [5, 5.41) is 0. The van der Waals surface area contributed by atoms with Crippen molar-refractivity contribution in [3.05, 3.63) is 77.9 Å². The Labute approximate surface area is 104 Å². The minimum absolute atomic E-state index is 1.02. The van der Waals surface area contributed by atoms with Crippen molar-refractivity contribution < 1.29 is 0 Å². The van der Waals surface area contributed by atoms with Gasteiger partial charge in [-0.2, -0.15) is 0 Å². The second-order valence-electron chi connectivity index (χ2n) is 4.46. The fourth-order valence-electron chi connectivity index (χ4n) is 2.18. The highest BCUT2D eigenvalue weighted by molar-refractivity contribution is 5.72. The zero-order valence-corrected chi connectivity index (χ0v) is 10.4. The molecule has 17 heavy (non-hydrogen) atoms. The first-order valence-electron chi connectivity index (χ1n) is 6.00. The Kier molecular flexibility index (Phi) is 3.43. The van der Waals surface area contributed by atoms with Gasteiger partial charge >= 0.3 is 0 Å². The van der Waals surface area contributed by atoms with E-state index in [1.807, 2.05) is 6.08 Å². The van der Waals surface area contributed by atoms with Crippen molar-refractivity contribution in [2.24, 2.45) is 0 Å². The SMILES string of the molecule is C=CC(=C)C1=C(C)CCC(c2ccccc2)=C1. The Morgan fingerprint density at radius 1 is 1.18 bits per heavy atom. The zero-order valence-electron chi connectivity index (χ0n) is 10.4. The van der Waals surface area contributed by atoms with E-state index in [1.165, 1.54) is 22.3 Å². The molecule has 0 saturated heterocycles. The largest absolute Gasteiger partial charge is 0.0985 e. The van der Waals surface area contributed by atoms with Crippen LogP contribution in [0.1, 0.15) is 25.3 Å². The van der Waals surface area contributed by atoms with Crippen molar-refractivity contribution in [2.75, 3.05) is 0 Å². The second kappa shape index (κ2) is 5.01. The zero-order chi connectivity index (χ0) is 12.3. The molecule has 0 fully saturated rings. The number of hydrogen-bond acceptors (Lipinski definition) is 0. The number of benzene rings is 1. The van der Waals surface area contributed by atoms with E-state index in [0.29, 0.717) is 0 Å². The van der Waals surface area contributed by atoms with E-state index in [4.69, 9.17) is 0 Å². The minimum Gasteiger partial charge on any atom is -0.0985 e. The van der Waals surface area contributed by atoms with Crippen molar-refractivity contribution in [2.45, 2.75) is 19.8 Å². The first-order valence-corrected chi connectivity index (χ1v) is 6.00. The molecule has 0 N–H and O–H groups in total. The lowest BCUT2D eigenvalue weighted by atomic mass is 9.87. The fourth-order valence-corrected chi connectivity index (χ4v) is 2.18. The van der Waals surface area contributed by atoms with Crippen LogP contribution in [-0.2, 0) is 0 Å². The third kappa shape index (κ3) is 2.47. The van der Waals surface area contributed by atoms with Crippen LogP contribution in [-0.4, -0.2) is 0 Å². The van der Waals surface area contributed by atoms with Gasteiger partial charge in [0.2, 0.25) is 0 Å². The molecule has 1 aliphatic rings. The van der Waals surface area contributed by atoms with E-state index in [-0.39, 0.29) is 0 Å². The molecule has 1 aromatic carbocycles. The number of allylic oxidation sites excluding steroid dienone is 6. The summed E-state index contributed by atoms with van der Waals surface area (Å²) in [7, 11) is 0. The van der Waals surface area contributed by atoms with Crippen LogP contribution in [0.15, 0.2) is 72.4 Å². The maximum absolute atomic E-state index is 4.05. The van der Waals surface area contributed by atoms with Gasteiger partial charge in [-0.3, -0.25) is 0 Å². The summed E-state index contributed by atoms with van der Waals surface area (Å²) in [6, 6.07) is 10.6. The molecular weight excluding hydrogens is 204 g/mol. The highest BCUT2D eigenvalue weighted by atomic mass is 14.2. The lowest BCUT2D eigenvalue weighted by molar-refractivity contribution is 0.960. The van der Waals surface area contributed by atoms with Crippen LogP contribution < -0.4 is 0 Å². The molecule has 0 heterocycles. The molecule has 1 aromatic rings. The molecule has 0 spiro atoms. The summed E-state index contributed by atoms with van der Waals surface area (Å²) >= 11 is 0. The lowest BCUT2D eigenvalue weighted by Gasteiger charge is -2.18. The Morgan fingerprint density at radius 2 is 1.88 bits per heavy atom. The van der Waals surface area contributed by atoms with E-state index in [2.05, 4.69) is 56.5 Å². The second-order valence-corrected chi connectivity index (χ2v) is 4.46. The first-order chi connectivity index (χ1) is 8.22. The van der Waals surface area contributed by atoms with Crippen LogP contribution >= 0.6 is 0 Å². The summed E-state index contributed by atoms with van der Waals surface area (Å²) in [5.74, 6) is 0. The first kappa shape index (κ1) is 11.7. The van der Waals surface area contributed by atoms with Gasteiger partial charge in [-0.15, -0.1) is 0 Å². The molecule has 0 unspecified atom stereocenters. The highest BCUT2D eigenvalue weighted by Crippen LogP contribution is 2.32. The smallest absolute Gasteiger partial charge is 0.0198 e. The van der Waals surface area contributed by atoms with Crippen molar-refractivity contribution in [1.29, 1.82) is 0 Å². The fraction of sp³-hybridized carbons (Fsp3) is 0.176. The van der Waals surface area contributed by atoms with Crippen LogP contribution in [0.25, 0.3) is 5.57 Å². The average molecular weight is 222 g/mol. The van der Waals surface area contributed by atoms with E-state index in [9.17, 15) is 0 Å². The summed E-state index contributed by atoms with van der Waals surface area (Å²) in [6.07, 6.45) is 6.33. The third-order valence-corrected chi connectivity index (χ3v) is 3.28. The predicted molar refractivity (Wildman–Crippen MR) is 75.7 cm³/mol. The molecule has 0 atom stereocenters. The molecule has 1 aliphatic carbocycles. The van der Waals surface area contributed by atoms with E-state index >= 15 is 0 Å². The number of hydrogen-bond donors (Lipinski definition) is 0. The summed E-state index contributed by atoms with van der Waals surface area (Å²) in [5.41, 5.74) is 6.40. The number of rotatable bonds is 3. The van der Waals surface area contributed by atoms with Crippen LogP contribution in [0.4, 0.5) is 0 Å². The van der Waals surface area contributed by atoms with Gasteiger partial charge in [0.25, 0.3) is 0 Å². The Hall–Kier alpha value is -1.82. The standard InChI is InChI=1S/C17H18/c1-4-13(2)17-12-16(11-10-14(17)3)15-8-6-5-7-9-15/h4-9,12H,1-2,10-11H2,3H3. The molecule has 0 radical (unpaired) electrons. The highest BCUT2D eigenvalue weighted by Gasteiger charge is 2.12. The van der Waals surface area contributed by atoms with Gasteiger partial charge in [-0.05, 0) is 42.0 Å². The van der Waals surface area contributed by atoms with Crippen LogP contribution in [0.2, 0.25) is 0 Å². The third-order valence-electron chi connectivity index (χ3n) is 3.28. The summed E-state index contributed by atoms with van der Waals surface area (Å²) in [6.45, 7) is 10.0. The molecule has 0 heteroatoms. The topological polar surface area (TPSA) is 0 Å². The van der Waals surface area contributed by atoms with E-state index in [0.717, 1.165) is 18.4 Å². The molecule has 0 nitrogen and oxygen atoms in total. The average Bonchev–Trinajstić information content (AvgIpc) is 2.39. The predicted octanol–water partition coefficient (Wildman–Crippen LogP) is 4.92. The van der Waals surface area contributed by atoms with Gasteiger partial charge in [0.05, 0.1) is 0 Å². The Balaban J connectivity index is 2.39.